The fourth-order valence-electron chi connectivity index (χ4n) is 3.74. The van der Waals surface area contributed by atoms with Crippen LogP contribution in [0.25, 0.3) is 11.2 Å². The Labute approximate surface area is 186 Å². The third kappa shape index (κ3) is 5.03. The predicted molar refractivity (Wildman–Crippen MR) is 118 cm³/mol. The second-order valence-electron chi connectivity index (χ2n) is 8.08. The molecular formula is C19H30N7O5P. The van der Waals surface area contributed by atoms with E-state index in [2.05, 4.69) is 24.9 Å². The van der Waals surface area contributed by atoms with Crippen LogP contribution in [-0.2, 0) is 23.4 Å². The van der Waals surface area contributed by atoms with E-state index in [4.69, 9.17) is 19.7 Å². The van der Waals surface area contributed by atoms with Crippen molar-refractivity contribution in [2.24, 2.45) is 0 Å². The van der Waals surface area contributed by atoms with Gasteiger partial charge in [0, 0.05) is 13.1 Å². The number of carbonyl (C=O) groups is 1. The standard InChI is InChI=1S/C19H30N7O5P/c1-4-29-18(27)11(2)24-32(28)30-9-13-7-8-14(31-13)26-10-21-15-16(25(3)12-5-6-12)22-19(20)23-17(15)26/h10-14,32H,4-9H2,1-3H3,(H,24,28)(H2,20,22,23)/t11-,13-,14+/m0/s1. The van der Waals surface area contributed by atoms with Crippen LogP contribution in [0.15, 0.2) is 6.33 Å². The summed E-state index contributed by atoms with van der Waals surface area (Å²) in [7, 11) is -0.612. The molecule has 2 aromatic heterocycles. The summed E-state index contributed by atoms with van der Waals surface area (Å²) in [6.45, 7) is 3.71. The fraction of sp³-hybridized carbons (Fsp3) is 0.684. The molecule has 1 aliphatic carbocycles. The van der Waals surface area contributed by atoms with Crippen LogP contribution in [0, 0.1) is 0 Å². The Hall–Kier alpha value is -2.27. The second-order valence-corrected chi connectivity index (χ2v) is 9.23. The topological polar surface area (TPSA) is 147 Å². The van der Waals surface area contributed by atoms with Crippen LogP contribution in [0.1, 0.15) is 45.8 Å². The highest BCUT2D eigenvalue weighted by atomic mass is 31.1. The van der Waals surface area contributed by atoms with Crippen molar-refractivity contribution in [2.45, 2.75) is 63.9 Å². The van der Waals surface area contributed by atoms with Crippen LogP contribution in [0.5, 0.6) is 0 Å². The number of ether oxygens (including phenoxy) is 2. The minimum atomic E-state index is -2.61. The minimum absolute atomic E-state index is 0.149. The van der Waals surface area contributed by atoms with Gasteiger partial charge in [-0.2, -0.15) is 9.97 Å². The molecule has 1 aliphatic heterocycles. The van der Waals surface area contributed by atoms with Crippen LogP contribution < -0.4 is 15.7 Å². The van der Waals surface area contributed by atoms with E-state index in [0.717, 1.165) is 31.5 Å². The van der Waals surface area contributed by atoms with Gasteiger partial charge >= 0.3 is 5.97 Å². The number of hydrogen-bond acceptors (Lipinski definition) is 10. The van der Waals surface area contributed by atoms with Crippen LogP contribution in [0.2, 0.25) is 0 Å². The van der Waals surface area contributed by atoms with E-state index in [0.29, 0.717) is 17.2 Å². The summed E-state index contributed by atoms with van der Waals surface area (Å²) in [5, 5.41) is 2.63. The number of nitrogens with zero attached hydrogens (tertiary/aromatic N) is 5. The molecule has 3 heterocycles. The number of nitrogen functional groups attached to an aromatic ring is 1. The molecule has 2 fully saturated rings. The molecule has 1 saturated heterocycles. The zero-order chi connectivity index (χ0) is 22.8. The molecule has 0 aromatic carbocycles. The van der Waals surface area contributed by atoms with Crippen molar-refractivity contribution in [3.63, 3.8) is 0 Å². The number of imidazole rings is 1. The van der Waals surface area contributed by atoms with Crippen molar-refractivity contribution in [1.29, 1.82) is 0 Å². The van der Waals surface area contributed by atoms with E-state index in [1.807, 2.05) is 11.6 Å². The number of anilines is 2. The number of carbonyl (C=O) groups excluding carboxylic acids is 1. The second kappa shape index (κ2) is 9.70. The number of esters is 1. The molecule has 12 nitrogen and oxygen atoms in total. The normalized spacial score (nSPS) is 22.7. The predicted octanol–water partition coefficient (Wildman–Crippen LogP) is 1.63. The molecule has 0 amide bonds. The minimum Gasteiger partial charge on any atom is -0.465 e. The highest BCUT2D eigenvalue weighted by Crippen LogP contribution is 2.36. The Bertz CT molecular complexity index is 998. The first-order chi connectivity index (χ1) is 15.4. The lowest BCUT2D eigenvalue weighted by Gasteiger charge is -2.19. The number of nitrogens with one attached hydrogen (secondary N) is 1. The number of aromatic nitrogens is 4. The number of fused-ring (bicyclic) bond motifs is 1. The maximum atomic E-state index is 12.1. The summed E-state index contributed by atoms with van der Waals surface area (Å²) < 4.78 is 30.4. The first kappa shape index (κ1) is 22.9. The average Bonchev–Trinajstić information content (AvgIpc) is 3.36. The highest BCUT2D eigenvalue weighted by Gasteiger charge is 2.32. The van der Waals surface area contributed by atoms with Crippen LogP contribution in [-0.4, -0.2) is 63.9 Å². The molecular weight excluding hydrogens is 437 g/mol. The van der Waals surface area contributed by atoms with E-state index in [1.165, 1.54) is 0 Å². The zero-order valence-corrected chi connectivity index (χ0v) is 19.5. The van der Waals surface area contributed by atoms with Crippen LogP contribution in [0.4, 0.5) is 11.8 Å². The molecule has 1 unspecified atom stereocenters. The van der Waals surface area contributed by atoms with E-state index < -0.39 is 20.2 Å². The van der Waals surface area contributed by atoms with Crippen LogP contribution >= 0.6 is 8.18 Å². The quantitative estimate of drug-likeness (QED) is 0.388. The third-order valence-corrected chi connectivity index (χ3v) is 6.72. The maximum absolute atomic E-state index is 12.1. The van der Waals surface area contributed by atoms with Gasteiger partial charge in [-0.25, -0.2) is 10.1 Å². The molecule has 32 heavy (non-hydrogen) atoms. The van der Waals surface area contributed by atoms with Gasteiger partial charge in [0.05, 0.1) is 25.6 Å². The van der Waals surface area contributed by atoms with Crippen LogP contribution in [0.3, 0.4) is 0 Å². The molecule has 2 aromatic rings. The molecule has 0 spiro atoms. The number of nitrogens with two attached hydrogens (primary N) is 1. The summed E-state index contributed by atoms with van der Waals surface area (Å²) >= 11 is 0. The van der Waals surface area contributed by atoms with Gasteiger partial charge in [0.1, 0.15) is 12.3 Å². The maximum Gasteiger partial charge on any atom is 0.323 e. The highest BCUT2D eigenvalue weighted by molar-refractivity contribution is 7.36. The summed E-state index contributed by atoms with van der Waals surface area (Å²) in [6.07, 6.45) is 4.89. The Kier molecular flexibility index (Phi) is 6.94. The van der Waals surface area contributed by atoms with Crippen molar-refractivity contribution in [1.82, 2.24) is 24.6 Å². The van der Waals surface area contributed by atoms with Gasteiger partial charge in [-0.05, 0) is 39.5 Å². The van der Waals surface area contributed by atoms with E-state index in [-0.39, 0.29) is 31.5 Å². The van der Waals surface area contributed by atoms with Crippen molar-refractivity contribution < 1.29 is 23.4 Å². The van der Waals surface area contributed by atoms with E-state index in [1.54, 1.807) is 20.2 Å². The van der Waals surface area contributed by atoms with E-state index in [9.17, 15) is 9.36 Å². The Balaban J connectivity index is 1.36. The first-order valence-corrected chi connectivity index (χ1v) is 12.2. The fourth-order valence-corrected chi connectivity index (χ4v) is 4.63. The van der Waals surface area contributed by atoms with Gasteiger partial charge in [0.25, 0.3) is 8.18 Å². The van der Waals surface area contributed by atoms with Gasteiger partial charge in [0.15, 0.2) is 17.0 Å². The van der Waals surface area contributed by atoms with Gasteiger partial charge in [-0.3, -0.25) is 13.9 Å². The molecule has 176 valence electrons. The Morgan fingerprint density at radius 3 is 2.91 bits per heavy atom. The monoisotopic (exact) mass is 467 g/mol. The Morgan fingerprint density at radius 1 is 1.41 bits per heavy atom. The van der Waals surface area contributed by atoms with Gasteiger partial charge in [-0.1, -0.05) is 0 Å². The SMILES string of the molecule is CCOC(=O)[C@H](C)N[PH](=O)OC[C@@H]1CC[C@H](n2cnc3c(N(C)C4CC4)nc(N)nc32)O1. The molecule has 0 bridgehead atoms. The molecule has 1 saturated carbocycles. The number of rotatable bonds is 10. The largest absolute Gasteiger partial charge is 0.465 e. The molecule has 2 aliphatic rings. The summed E-state index contributed by atoms with van der Waals surface area (Å²) in [5.74, 6) is 0.457. The van der Waals surface area contributed by atoms with Gasteiger partial charge in [-0.15, -0.1) is 0 Å². The number of hydrogen-bond donors (Lipinski definition) is 2. The van der Waals surface area contributed by atoms with Gasteiger partial charge in [0.2, 0.25) is 5.95 Å². The lowest BCUT2D eigenvalue weighted by molar-refractivity contribution is -0.144. The molecule has 13 heteroatoms. The van der Waals surface area contributed by atoms with Crippen molar-refractivity contribution >= 4 is 37.1 Å². The summed E-state index contributed by atoms with van der Waals surface area (Å²) in [4.78, 5) is 27.1. The van der Waals surface area contributed by atoms with Crippen molar-refractivity contribution in [3.8, 4) is 0 Å². The summed E-state index contributed by atoms with van der Waals surface area (Å²) in [5.41, 5.74) is 7.30. The Morgan fingerprint density at radius 2 is 2.19 bits per heavy atom. The molecule has 3 N–H and O–H groups in total. The first-order valence-electron chi connectivity index (χ1n) is 10.9. The molecule has 0 radical (unpaired) electrons. The lowest BCUT2D eigenvalue weighted by Crippen LogP contribution is -2.31. The molecule has 4 atom stereocenters. The zero-order valence-electron chi connectivity index (χ0n) is 18.5. The smallest absolute Gasteiger partial charge is 0.323 e. The van der Waals surface area contributed by atoms with E-state index >= 15 is 0 Å². The van der Waals surface area contributed by atoms with Crippen molar-refractivity contribution in [3.05, 3.63) is 6.33 Å². The third-order valence-electron chi connectivity index (χ3n) is 5.62. The summed E-state index contributed by atoms with van der Waals surface area (Å²) in [6, 6.07) is -0.242. The lowest BCUT2D eigenvalue weighted by atomic mass is 10.2. The molecule has 4 rings (SSSR count). The average molecular weight is 467 g/mol. The van der Waals surface area contributed by atoms with Crippen molar-refractivity contribution in [2.75, 3.05) is 30.9 Å². The van der Waals surface area contributed by atoms with Gasteiger partial charge < -0.3 is 24.6 Å².